The Morgan fingerprint density at radius 1 is 0.573 bits per heavy atom. The Bertz CT molecular complexity index is 2250. The van der Waals surface area contributed by atoms with Crippen LogP contribution in [0.2, 0.25) is 0 Å². The highest BCUT2D eigenvalue weighted by Gasteiger charge is 2.38. The Morgan fingerprint density at radius 2 is 1.07 bits per heavy atom. The highest BCUT2D eigenvalue weighted by atomic mass is 16.3. The maximum absolute atomic E-state index is 14.4. The summed E-state index contributed by atoms with van der Waals surface area (Å²) in [6.45, 7) is 3.20. The summed E-state index contributed by atoms with van der Waals surface area (Å²) in [6, 6.07) is -7.99. The lowest BCUT2D eigenvalue weighted by molar-refractivity contribution is -0.137. The van der Waals surface area contributed by atoms with E-state index in [1.54, 1.807) is 30.3 Å². The number of amides is 11. The summed E-state index contributed by atoms with van der Waals surface area (Å²) in [6.07, 6.45) is -1.99. The Morgan fingerprint density at radius 3 is 1.59 bits per heavy atom. The molecule has 30 nitrogen and oxygen atoms in total. The van der Waals surface area contributed by atoms with Crippen molar-refractivity contribution in [1.29, 1.82) is 0 Å². The van der Waals surface area contributed by atoms with Crippen LogP contribution in [-0.4, -0.2) is 203 Å². The number of nitrogens with two attached hydrogens (primary N) is 4. The maximum Gasteiger partial charge on any atom is 0.245 e. The third-order valence-corrected chi connectivity index (χ3v) is 13.2. The molecule has 0 aliphatic carbocycles. The van der Waals surface area contributed by atoms with Gasteiger partial charge in [-0.2, -0.15) is 0 Å². The Balaban J connectivity index is 2.64. The first-order chi connectivity index (χ1) is 39.0. The number of carbonyl (C=O) groups excluding carboxylic acids is 11. The first-order valence-corrected chi connectivity index (χ1v) is 27.8. The molecule has 462 valence electrons. The van der Waals surface area contributed by atoms with Crippen molar-refractivity contribution in [1.82, 2.24) is 58.5 Å². The summed E-state index contributed by atoms with van der Waals surface area (Å²) < 4.78 is 0. The van der Waals surface area contributed by atoms with Gasteiger partial charge in [-0.05, 0) is 91.0 Å². The van der Waals surface area contributed by atoms with Crippen LogP contribution >= 0.6 is 0 Å². The van der Waals surface area contributed by atoms with E-state index in [1.807, 2.05) is 6.92 Å². The van der Waals surface area contributed by atoms with Crippen molar-refractivity contribution in [3.05, 3.63) is 35.9 Å². The van der Waals surface area contributed by atoms with Gasteiger partial charge < -0.3 is 102 Å². The molecule has 23 N–H and O–H groups in total. The minimum Gasteiger partial charge on any atom is -0.394 e. The lowest BCUT2D eigenvalue weighted by Crippen LogP contribution is -2.63. The molecule has 0 saturated carbocycles. The van der Waals surface area contributed by atoms with Gasteiger partial charge in [0, 0.05) is 19.4 Å². The van der Waals surface area contributed by atoms with Gasteiger partial charge in [-0.15, -0.1) is 0 Å². The number of rotatable bonds is 27. The van der Waals surface area contributed by atoms with Crippen molar-refractivity contribution >= 4 is 65.0 Å². The van der Waals surface area contributed by atoms with E-state index < -0.39 is 163 Å². The van der Waals surface area contributed by atoms with Gasteiger partial charge in [0.05, 0.1) is 24.9 Å². The fourth-order valence-electron chi connectivity index (χ4n) is 8.46. The van der Waals surface area contributed by atoms with E-state index in [-0.39, 0.29) is 64.7 Å². The summed E-state index contributed by atoms with van der Waals surface area (Å²) in [5.41, 5.74) is 23.7. The molecule has 2 rings (SSSR count). The topological polar surface area (TPSA) is 505 Å². The third-order valence-electron chi connectivity index (χ3n) is 13.2. The molecule has 1 fully saturated rings. The van der Waals surface area contributed by atoms with Crippen molar-refractivity contribution in [2.75, 3.05) is 39.3 Å². The summed E-state index contributed by atoms with van der Waals surface area (Å²) in [5.74, 6) is -11.0. The van der Waals surface area contributed by atoms with E-state index >= 15 is 0 Å². The minimum absolute atomic E-state index is 0.0471. The zero-order chi connectivity index (χ0) is 61.5. The second-order valence-corrected chi connectivity index (χ2v) is 20.1. The van der Waals surface area contributed by atoms with E-state index in [1.165, 1.54) is 6.92 Å². The monoisotopic (exact) mass is 1160 g/mol. The van der Waals surface area contributed by atoms with Crippen LogP contribution in [0.1, 0.15) is 104 Å². The molecule has 1 aromatic carbocycles. The number of aliphatic hydroxyl groups is 4. The smallest absolute Gasteiger partial charge is 0.245 e. The lowest BCUT2D eigenvalue weighted by Gasteiger charge is -2.29. The SMILES string of the molecule is CCCCCCCC(=O)N[C@@H](CCN)C(=O)N[C@H](C(=O)NC(CO)C(=O)N[C@H]1CCNC(=O)[C@H]([C@@H](C)O)NC(=O)[C@H](CCN)NC(=O)[C@H](CCN)NC(=O)[C@H]([C@@H](C)O)NC(=O)[C@@H](Cc2ccccc2)NC(=O)[C@H](CCN)NC1=O)[C@@H](C)O. The van der Waals surface area contributed by atoms with Gasteiger partial charge in [-0.1, -0.05) is 62.9 Å². The van der Waals surface area contributed by atoms with E-state index in [0.29, 0.717) is 12.0 Å². The highest BCUT2D eigenvalue weighted by molar-refractivity contribution is 5.99. The minimum atomic E-state index is -1.91. The van der Waals surface area contributed by atoms with Crippen LogP contribution in [0.15, 0.2) is 30.3 Å². The van der Waals surface area contributed by atoms with Gasteiger partial charge in [0.15, 0.2) is 0 Å². The average molecular weight is 1160 g/mol. The maximum atomic E-state index is 14.4. The second kappa shape index (κ2) is 38.0. The molecule has 82 heavy (non-hydrogen) atoms. The normalized spacial score (nSPS) is 23.2. The van der Waals surface area contributed by atoms with E-state index in [0.717, 1.165) is 39.5 Å². The fraction of sp³-hybridized carbons (Fsp3) is 0.673. The predicted molar refractivity (Wildman–Crippen MR) is 297 cm³/mol. The zero-order valence-electron chi connectivity index (χ0n) is 47.2. The molecule has 30 heteroatoms. The predicted octanol–water partition coefficient (Wildman–Crippen LogP) is -7.51. The number of aliphatic hydroxyl groups excluding tert-OH is 4. The molecule has 1 aromatic rings. The molecule has 1 aliphatic heterocycles. The Labute approximate surface area is 477 Å². The molecule has 0 aromatic heterocycles. The average Bonchev–Trinajstić information content (AvgIpc) is 3.49. The van der Waals surface area contributed by atoms with Crippen LogP contribution in [0.4, 0.5) is 0 Å². The molecule has 1 heterocycles. The van der Waals surface area contributed by atoms with Gasteiger partial charge in [0.1, 0.15) is 60.4 Å². The van der Waals surface area contributed by atoms with E-state index in [4.69, 9.17) is 22.9 Å². The van der Waals surface area contributed by atoms with Crippen LogP contribution in [0, 0.1) is 0 Å². The van der Waals surface area contributed by atoms with Crippen LogP contribution < -0.4 is 81.4 Å². The first-order valence-electron chi connectivity index (χ1n) is 27.8. The van der Waals surface area contributed by atoms with Crippen LogP contribution in [-0.2, 0) is 59.2 Å². The number of unbranched alkanes of at least 4 members (excludes halogenated alkanes) is 4. The number of benzene rings is 1. The number of carbonyl (C=O) groups is 11. The van der Waals surface area contributed by atoms with Crippen molar-refractivity contribution in [3.8, 4) is 0 Å². The highest BCUT2D eigenvalue weighted by Crippen LogP contribution is 2.10. The van der Waals surface area contributed by atoms with E-state index in [9.17, 15) is 73.2 Å². The summed E-state index contributed by atoms with van der Waals surface area (Å²) >= 11 is 0. The molecule has 0 spiro atoms. The lowest BCUT2D eigenvalue weighted by atomic mass is 10.0. The third kappa shape index (κ3) is 24.7. The van der Waals surface area contributed by atoms with E-state index in [2.05, 4.69) is 58.5 Å². The van der Waals surface area contributed by atoms with Crippen LogP contribution in [0.25, 0.3) is 0 Å². The van der Waals surface area contributed by atoms with Crippen molar-refractivity contribution in [2.45, 2.75) is 183 Å². The fourth-order valence-corrected chi connectivity index (χ4v) is 8.46. The van der Waals surface area contributed by atoms with Crippen LogP contribution in [0.5, 0.6) is 0 Å². The largest absolute Gasteiger partial charge is 0.394 e. The summed E-state index contributed by atoms with van der Waals surface area (Å²) in [4.78, 5) is 152. The Hall–Kier alpha value is -6.93. The molecule has 1 saturated heterocycles. The molecule has 11 amide bonds. The molecule has 0 bridgehead atoms. The van der Waals surface area contributed by atoms with Crippen molar-refractivity contribution < 1.29 is 73.2 Å². The standard InChI is InChI=1S/C52H89N15O15/c1-5-6-7-8-12-15-39(72)58-32(16-21-53)46(76)66-42(30(4)71)52(82)64-38(27-68)49(79)61-36-20-25-57-50(80)40(28(2)69)65-47(77)35(19-24-56)60-43(73)34(18-23-55)62-51(81)41(29(3)70)67-48(78)37(26-31-13-10-9-11-14-31)63-44(74)33(17-22-54)59-45(36)75/h9-11,13-14,28-30,32-38,40-42,68-71H,5-8,12,15-27,53-56H2,1-4H3,(H,57,80)(H,58,72)(H,59,75)(H,60,73)(H,61,79)(H,62,81)(H,63,74)(H,64,82)(H,65,77)(H,66,76)(H,67,78)/t28-,29-,30-,32+,33+,34+,35+,36+,37-,38?,40+,41+,42+/m1/s1. The number of hydrogen-bond donors (Lipinski definition) is 19. The van der Waals surface area contributed by atoms with Crippen molar-refractivity contribution in [2.24, 2.45) is 22.9 Å². The van der Waals surface area contributed by atoms with Gasteiger partial charge in [-0.3, -0.25) is 52.7 Å². The molecule has 1 aliphatic rings. The molecule has 0 radical (unpaired) electrons. The number of hydrogen-bond acceptors (Lipinski definition) is 19. The zero-order valence-corrected chi connectivity index (χ0v) is 47.2. The summed E-state index contributed by atoms with van der Waals surface area (Å²) in [7, 11) is 0. The Kier molecular flexibility index (Phi) is 32.9. The van der Waals surface area contributed by atoms with Gasteiger partial charge in [0.25, 0.3) is 0 Å². The van der Waals surface area contributed by atoms with Gasteiger partial charge >= 0.3 is 0 Å². The first kappa shape index (κ1) is 71.2. The second-order valence-electron chi connectivity index (χ2n) is 20.1. The molecule has 13 atom stereocenters. The molecular formula is C52H89N15O15. The summed E-state index contributed by atoms with van der Waals surface area (Å²) in [5, 5.41) is 69.2. The quantitative estimate of drug-likeness (QED) is 0.0364. The molecular weight excluding hydrogens is 1070 g/mol. The van der Waals surface area contributed by atoms with Gasteiger partial charge in [0.2, 0.25) is 65.0 Å². The number of nitrogens with one attached hydrogen (secondary N) is 11. The van der Waals surface area contributed by atoms with Gasteiger partial charge in [-0.25, -0.2) is 0 Å². The van der Waals surface area contributed by atoms with Crippen LogP contribution in [0.3, 0.4) is 0 Å². The van der Waals surface area contributed by atoms with Crippen molar-refractivity contribution in [3.63, 3.8) is 0 Å². The molecule has 1 unspecified atom stereocenters.